The molecule has 0 saturated heterocycles. The topological polar surface area (TPSA) is 58.6 Å². The van der Waals surface area contributed by atoms with E-state index in [9.17, 15) is 4.79 Å². The van der Waals surface area contributed by atoms with Gasteiger partial charge in [0.15, 0.2) is 0 Å². The van der Waals surface area contributed by atoms with Crippen LogP contribution in [0.1, 0.15) is 26.2 Å². The van der Waals surface area contributed by atoms with Crippen LogP contribution in [0.25, 0.3) is 0 Å². The van der Waals surface area contributed by atoms with E-state index in [1.807, 2.05) is 0 Å². The highest BCUT2D eigenvalue weighted by Gasteiger charge is 2.01. The molecule has 0 radical (unpaired) electrons. The van der Waals surface area contributed by atoms with Crippen molar-refractivity contribution in [1.29, 1.82) is 0 Å². The van der Waals surface area contributed by atoms with E-state index in [1.165, 1.54) is 7.11 Å². The van der Waals surface area contributed by atoms with Gasteiger partial charge < -0.3 is 15.2 Å². The van der Waals surface area contributed by atoms with Crippen molar-refractivity contribution in [2.45, 2.75) is 26.2 Å². The number of hydrogen-bond acceptors (Lipinski definition) is 4. The Balaban J connectivity index is 3.17. The maximum atomic E-state index is 10.7. The largest absolute Gasteiger partial charge is 0.469 e. The van der Waals surface area contributed by atoms with Gasteiger partial charge in [-0.25, -0.2) is 0 Å². The monoisotopic (exact) mass is 203 g/mol. The molecule has 0 aliphatic carbocycles. The summed E-state index contributed by atoms with van der Waals surface area (Å²) in [6, 6.07) is 0. The molecule has 1 unspecified atom stereocenters. The number of carbonyl (C=O) groups excluding carboxylic acids is 1. The third-order valence-electron chi connectivity index (χ3n) is 2.08. The number of esters is 1. The van der Waals surface area contributed by atoms with Crippen LogP contribution in [-0.4, -0.2) is 37.9 Å². The van der Waals surface area contributed by atoms with Gasteiger partial charge in [-0.05, 0) is 31.8 Å². The lowest BCUT2D eigenvalue weighted by atomic mass is 10.1. The molecule has 0 aromatic carbocycles. The Hall–Kier alpha value is -0.610. The zero-order chi connectivity index (χ0) is 10.8. The summed E-state index contributed by atoms with van der Waals surface area (Å²) in [6.07, 6.45) is 2.10. The number of nitrogens with one attached hydrogen (secondary N) is 1. The minimum Gasteiger partial charge on any atom is -0.469 e. The molecular weight excluding hydrogens is 182 g/mol. The lowest BCUT2D eigenvalue weighted by Gasteiger charge is -2.10. The number of methoxy groups -OCH3 is 1. The Bertz CT molecular complexity index is 150. The standard InChI is InChI=1S/C10H21NO3/c1-9(5-7-12)8-11-6-3-4-10(13)14-2/h9,11-12H,3-8H2,1-2H3. The number of aliphatic hydroxyl groups excluding tert-OH is 1. The summed E-state index contributed by atoms with van der Waals surface area (Å²) in [4.78, 5) is 10.7. The van der Waals surface area contributed by atoms with Gasteiger partial charge in [-0.3, -0.25) is 4.79 Å². The molecule has 0 saturated carbocycles. The Morgan fingerprint density at radius 3 is 2.86 bits per heavy atom. The highest BCUT2D eigenvalue weighted by atomic mass is 16.5. The first kappa shape index (κ1) is 13.4. The molecule has 0 bridgehead atoms. The van der Waals surface area contributed by atoms with Gasteiger partial charge in [0.05, 0.1) is 7.11 Å². The Kier molecular flexibility index (Phi) is 8.57. The highest BCUT2D eigenvalue weighted by Crippen LogP contribution is 1.98. The summed E-state index contributed by atoms with van der Waals surface area (Å²) in [5, 5.41) is 11.9. The second-order valence-electron chi connectivity index (χ2n) is 3.50. The molecule has 1 atom stereocenters. The molecule has 0 heterocycles. The molecule has 0 rings (SSSR count). The summed E-state index contributed by atoms with van der Waals surface area (Å²) in [5.41, 5.74) is 0. The van der Waals surface area contributed by atoms with Crippen LogP contribution < -0.4 is 5.32 Å². The fourth-order valence-corrected chi connectivity index (χ4v) is 1.13. The van der Waals surface area contributed by atoms with Crippen LogP contribution in [0.4, 0.5) is 0 Å². The number of aliphatic hydroxyl groups is 1. The third-order valence-corrected chi connectivity index (χ3v) is 2.08. The van der Waals surface area contributed by atoms with E-state index < -0.39 is 0 Å². The van der Waals surface area contributed by atoms with Gasteiger partial charge in [0.25, 0.3) is 0 Å². The van der Waals surface area contributed by atoms with E-state index in [0.717, 1.165) is 25.9 Å². The van der Waals surface area contributed by atoms with Crippen molar-refractivity contribution in [2.24, 2.45) is 5.92 Å². The quantitative estimate of drug-likeness (QED) is 0.447. The minimum atomic E-state index is -0.157. The van der Waals surface area contributed by atoms with Gasteiger partial charge in [-0.2, -0.15) is 0 Å². The van der Waals surface area contributed by atoms with Crippen LogP contribution in [0.2, 0.25) is 0 Å². The van der Waals surface area contributed by atoms with Crippen molar-refractivity contribution in [3.63, 3.8) is 0 Å². The van der Waals surface area contributed by atoms with Crippen LogP contribution in [0.3, 0.4) is 0 Å². The van der Waals surface area contributed by atoms with Crippen molar-refractivity contribution in [3.8, 4) is 0 Å². The smallest absolute Gasteiger partial charge is 0.305 e. The zero-order valence-electron chi connectivity index (χ0n) is 9.08. The molecule has 0 amide bonds. The van der Waals surface area contributed by atoms with Crippen LogP contribution in [0.5, 0.6) is 0 Å². The van der Waals surface area contributed by atoms with Gasteiger partial charge in [0, 0.05) is 13.0 Å². The summed E-state index contributed by atoms with van der Waals surface area (Å²) in [7, 11) is 1.40. The van der Waals surface area contributed by atoms with Gasteiger partial charge in [-0.15, -0.1) is 0 Å². The molecule has 84 valence electrons. The first-order chi connectivity index (χ1) is 6.70. The normalized spacial score (nSPS) is 12.5. The first-order valence-electron chi connectivity index (χ1n) is 5.09. The lowest BCUT2D eigenvalue weighted by molar-refractivity contribution is -0.140. The maximum Gasteiger partial charge on any atom is 0.305 e. The number of carbonyl (C=O) groups is 1. The molecule has 0 spiro atoms. The lowest BCUT2D eigenvalue weighted by Crippen LogP contribution is -2.23. The van der Waals surface area contributed by atoms with Gasteiger partial charge >= 0.3 is 5.97 Å². The average Bonchev–Trinajstić information content (AvgIpc) is 2.17. The molecule has 2 N–H and O–H groups in total. The van der Waals surface area contributed by atoms with Crippen molar-refractivity contribution in [3.05, 3.63) is 0 Å². The molecule has 4 nitrogen and oxygen atoms in total. The molecule has 0 fully saturated rings. The third kappa shape index (κ3) is 8.01. The SMILES string of the molecule is COC(=O)CCCNCC(C)CCO. The van der Waals surface area contributed by atoms with E-state index in [2.05, 4.69) is 17.0 Å². The summed E-state index contributed by atoms with van der Waals surface area (Å²) < 4.78 is 4.52. The molecule has 4 heteroatoms. The van der Waals surface area contributed by atoms with Crippen molar-refractivity contribution in [2.75, 3.05) is 26.8 Å². The number of rotatable bonds is 8. The second-order valence-corrected chi connectivity index (χ2v) is 3.50. The summed E-state index contributed by atoms with van der Waals surface area (Å²) in [6.45, 7) is 4.04. The number of hydrogen-bond donors (Lipinski definition) is 2. The molecular formula is C10H21NO3. The first-order valence-corrected chi connectivity index (χ1v) is 5.09. The summed E-state index contributed by atoms with van der Waals surface area (Å²) >= 11 is 0. The van der Waals surface area contributed by atoms with Crippen molar-refractivity contribution in [1.82, 2.24) is 5.32 Å². The zero-order valence-corrected chi connectivity index (χ0v) is 9.08. The van der Waals surface area contributed by atoms with E-state index in [1.54, 1.807) is 0 Å². The Morgan fingerprint density at radius 2 is 2.29 bits per heavy atom. The van der Waals surface area contributed by atoms with Crippen molar-refractivity contribution < 1.29 is 14.6 Å². The fraction of sp³-hybridized carbons (Fsp3) is 0.900. The highest BCUT2D eigenvalue weighted by molar-refractivity contribution is 5.68. The van der Waals surface area contributed by atoms with Crippen LogP contribution in [-0.2, 0) is 9.53 Å². The average molecular weight is 203 g/mol. The van der Waals surface area contributed by atoms with E-state index >= 15 is 0 Å². The molecule has 0 aromatic rings. The second kappa shape index (κ2) is 8.97. The fourth-order valence-electron chi connectivity index (χ4n) is 1.13. The molecule has 14 heavy (non-hydrogen) atoms. The van der Waals surface area contributed by atoms with E-state index in [-0.39, 0.29) is 12.6 Å². The van der Waals surface area contributed by atoms with Crippen LogP contribution in [0, 0.1) is 5.92 Å². The molecule has 0 aliphatic rings. The van der Waals surface area contributed by atoms with Crippen molar-refractivity contribution >= 4 is 5.97 Å². The van der Waals surface area contributed by atoms with Crippen LogP contribution in [0.15, 0.2) is 0 Å². The minimum absolute atomic E-state index is 0.157. The molecule has 0 aliphatic heterocycles. The van der Waals surface area contributed by atoms with Crippen LogP contribution >= 0.6 is 0 Å². The predicted molar refractivity (Wildman–Crippen MR) is 55.0 cm³/mol. The Labute approximate surface area is 85.6 Å². The van der Waals surface area contributed by atoms with Gasteiger partial charge in [0.2, 0.25) is 0 Å². The predicted octanol–water partition coefficient (Wildman–Crippen LogP) is 0.548. The summed E-state index contributed by atoms with van der Waals surface area (Å²) in [5.74, 6) is 0.327. The number of ether oxygens (including phenoxy) is 1. The van der Waals surface area contributed by atoms with Gasteiger partial charge in [0.1, 0.15) is 0 Å². The van der Waals surface area contributed by atoms with E-state index in [0.29, 0.717) is 12.3 Å². The Morgan fingerprint density at radius 1 is 1.57 bits per heavy atom. The molecule has 0 aromatic heterocycles. The van der Waals surface area contributed by atoms with Gasteiger partial charge in [-0.1, -0.05) is 6.92 Å². The van der Waals surface area contributed by atoms with E-state index in [4.69, 9.17) is 5.11 Å². The maximum absolute atomic E-state index is 10.7.